The van der Waals surface area contributed by atoms with Crippen LogP contribution < -0.4 is 10.6 Å². The number of rotatable bonds is 5. The van der Waals surface area contributed by atoms with Gasteiger partial charge in [-0.05, 0) is 49.9 Å². The summed E-state index contributed by atoms with van der Waals surface area (Å²) in [5.41, 5.74) is 3.31. The van der Waals surface area contributed by atoms with E-state index < -0.39 is 0 Å². The molecule has 0 saturated carbocycles. The second kappa shape index (κ2) is 6.94. The molecule has 0 aliphatic heterocycles. The quantitative estimate of drug-likeness (QED) is 0.867. The molecule has 3 nitrogen and oxygen atoms in total. The lowest BCUT2D eigenvalue weighted by atomic mass is 10.1. The summed E-state index contributed by atoms with van der Waals surface area (Å²) in [5, 5.41) is 6.14. The number of anilines is 1. The standard InChI is InChI=1S/C15H23BrN2O/c1-9(2)12(5)18-14(19)8-17-13-6-10(3)15(16)11(4)7-13/h6-7,9,12,17H,8H2,1-5H3,(H,18,19). The fourth-order valence-electron chi connectivity index (χ4n) is 1.70. The van der Waals surface area contributed by atoms with Gasteiger partial charge < -0.3 is 10.6 Å². The molecule has 0 radical (unpaired) electrons. The Balaban J connectivity index is 2.55. The van der Waals surface area contributed by atoms with Gasteiger partial charge in [0.05, 0.1) is 6.54 Å². The lowest BCUT2D eigenvalue weighted by Crippen LogP contribution is -2.39. The maximum Gasteiger partial charge on any atom is 0.239 e. The summed E-state index contributed by atoms with van der Waals surface area (Å²) < 4.78 is 1.12. The van der Waals surface area contributed by atoms with E-state index in [9.17, 15) is 4.79 Å². The van der Waals surface area contributed by atoms with Gasteiger partial charge in [0, 0.05) is 16.2 Å². The van der Waals surface area contributed by atoms with Gasteiger partial charge in [-0.15, -0.1) is 0 Å². The van der Waals surface area contributed by atoms with Crippen molar-refractivity contribution in [3.05, 3.63) is 27.7 Å². The summed E-state index contributed by atoms with van der Waals surface area (Å²) >= 11 is 3.53. The Morgan fingerprint density at radius 2 is 1.74 bits per heavy atom. The van der Waals surface area contributed by atoms with Crippen molar-refractivity contribution in [3.8, 4) is 0 Å². The van der Waals surface area contributed by atoms with Crippen molar-refractivity contribution in [2.24, 2.45) is 5.92 Å². The topological polar surface area (TPSA) is 41.1 Å². The molecular weight excluding hydrogens is 304 g/mol. The van der Waals surface area contributed by atoms with Gasteiger partial charge in [-0.25, -0.2) is 0 Å². The number of carbonyl (C=O) groups is 1. The van der Waals surface area contributed by atoms with Crippen LogP contribution >= 0.6 is 15.9 Å². The first-order chi connectivity index (χ1) is 8.81. The summed E-state index contributed by atoms with van der Waals surface area (Å²) in [5.74, 6) is 0.473. The number of hydrogen-bond donors (Lipinski definition) is 2. The predicted octanol–water partition coefficient (Wildman–Crippen LogP) is 3.64. The molecule has 0 fully saturated rings. The highest BCUT2D eigenvalue weighted by Crippen LogP contribution is 2.24. The summed E-state index contributed by atoms with van der Waals surface area (Å²) in [6, 6.07) is 4.27. The van der Waals surface area contributed by atoms with Crippen LogP contribution in [0.3, 0.4) is 0 Å². The van der Waals surface area contributed by atoms with Crippen molar-refractivity contribution in [3.63, 3.8) is 0 Å². The zero-order valence-corrected chi connectivity index (χ0v) is 13.9. The molecule has 1 unspecified atom stereocenters. The predicted molar refractivity (Wildman–Crippen MR) is 84.5 cm³/mol. The van der Waals surface area contributed by atoms with Gasteiger partial charge in [0.25, 0.3) is 0 Å². The minimum absolute atomic E-state index is 0.0272. The highest BCUT2D eigenvalue weighted by atomic mass is 79.9. The van der Waals surface area contributed by atoms with Gasteiger partial charge in [0.15, 0.2) is 0 Å². The van der Waals surface area contributed by atoms with Crippen molar-refractivity contribution in [1.29, 1.82) is 0 Å². The smallest absolute Gasteiger partial charge is 0.239 e. The Bertz CT molecular complexity index is 434. The number of aryl methyl sites for hydroxylation is 2. The molecule has 0 saturated heterocycles. The number of halogens is 1. The van der Waals surface area contributed by atoms with Crippen molar-refractivity contribution < 1.29 is 4.79 Å². The molecule has 0 bridgehead atoms. The van der Waals surface area contributed by atoms with Crippen molar-refractivity contribution in [2.75, 3.05) is 11.9 Å². The highest BCUT2D eigenvalue weighted by Gasteiger charge is 2.10. The van der Waals surface area contributed by atoms with Crippen LogP contribution in [0.25, 0.3) is 0 Å². The molecule has 0 aromatic heterocycles. The minimum atomic E-state index is 0.0272. The van der Waals surface area contributed by atoms with E-state index in [1.165, 1.54) is 11.1 Å². The Hall–Kier alpha value is -1.03. The zero-order valence-electron chi connectivity index (χ0n) is 12.3. The van der Waals surface area contributed by atoms with Crippen LogP contribution in [0, 0.1) is 19.8 Å². The fraction of sp³-hybridized carbons (Fsp3) is 0.533. The monoisotopic (exact) mass is 326 g/mol. The van der Waals surface area contributed by atoms with E-state index in [0.717, 1.165) is 10.2 Å². The van der Waals surface area contributed by atoms with E-state index in [1.807, 2.05) is 32.9 Å². The molecule has 0 spiro atoms. The molecule has 0 aliphatic rings. The SMILES string of the molecule is Cc1cc(NCC(=O)NC(C)C(C)C)cc(C)c1Br. The zero-order chi connectivity index (χ0) is 14.6. The molecule has 1 atom stereocenters. The van der Waals surface area contributed by atoms with E-state index in [0.29, 0.717) is 12.5 Å². The molecule has 19 heavy (non-hydrogen) atoms. The Morgan fingerprint density at radius 3 is 2.21 bits per heavy atom. The summed E-state index contributed by atoms with van der Waals surface area (Å²) in [6.45, 7) is 10.6. The average molecular weight is 327 g/mol. The van der Waals surface area contributed by atoms with Crippen LogP contribution in [0.1, 0.15) is 31.9 Å². The van der Waals surface area contributed by atoms with Gasteiger partial charge >= 0.3 is 0 Å². The number of nitrogens with one attached hydrogen (secondary N) is 2. The van der Waals surface area contributed by atoms with Crippen LogP contribution in [0.5, 0.6) is 0 Å². The molecule has 1 rings (SSSR count). The number of amides is 1. The van der Waals surface area contributed by atoms with E-state index in [1.54, 1.807) is 0 Å². The molecule has 2 N–H and O–H groups in total. The summed E-state index contributed by atoms with van der Waals surface area (Å²) in [6.07, 6.45) is 0. The third kappa shape index (κ3) is 4.86. The normalized spacial score (nSPS) is 12.4. The lowest BCUT2D eigenvalue weighted by Gasteiger charge is -2.18. The van der Waals surface area contributed by atoms with E-state index in [-0.39, 0.29) is 11.9 Å². The Morgan fingerprint density at radius 1 is 1.21 bits per heavy atom. The van der Waals surface area contributed by atoms with Crippen LogP contribution in [0.15, 0.2) is 16.6 Å². The average Bonchev–Trinajstić information content (AvgIpc) is 2.33. The molecule has 1 aromatic rings. The van der Waals surface area contributed by atoms with E-state index in [4.69, 9.17) is 0 Å². The maximum atomic E-state index is 11.8. The van der Waals surface area contributed by atoms with Crippen molar-refractivity contribution in [2.45, 2.75) is 40.7 Å². The Labute approximate surface area is 124 Å². The number of hydrogen-bond acceptors (Lipinski definition) is 2. The second-order valence-corrected chi connectivity index (χ2v) is 6.17. The maximum absolute atomic E-state index is 11.8. The van der Waals surface area contributed by atoms with Crippen molar-refractivity contribution in [1.82, 2.24) is 5.32 Å². The summed E-state index contributed by atoms with van der Waals surface area (Å²) in [4.78, 5) is 11.8. The highest BCUT2D eigenvalue weighted by molar-refractivity contribution is 9.10. The van der Waals surface area contributed by atoms with E-state index >= 15 is 0 Å². The largest absolute Gasteiger partial charge is 0.376 e. The van der Waals surface area contributed by atoms with Gasteiger partial charge in [-0.1, -0.05) is 29.8 Å². The number of benzene rings is 1. The van der Waals surface area contributed by atoms with Crippen LogP contribution in [-0.2, 0) is 4.79 Å². The first kappa shape index (κ1) is 16.0. The molecular formula is C15H23BrN2O. The first-order valence-corrected chi connectivity index (χ1v) is 7.40. The molecule has 4 heteroatoms. The molecule has 1 aromatic carbocycles. The third-order valence-electron chi connectivity index (χ3n) is 3.28. The van der Waals surface area contributed by atoms with Gasteiger partial charge in [-0.3, -0.25) is 4.79 Å². The lowest BCUT2D eigenvalue weighted by molar-refractivity contribution is -0.120. The van der Waals surface area contributed by atoms with Gasteiger partial charge in [0.2, 0.25) is 5.91 Å². The van der Waals surface area contributed by atoms with Gasteiger partial charge in [0.1, 0.15) is 0 Å². The van der Waals surface area contributed by atoms with Crippen molar-refractivity contribution >= 4 is 27.5 Å². The molecule has 106 valence electrons. The Kier molecular flexibility index (Phi) is 5.85. The fourth-order valence-corrected chi connectivity index (χ4v) is 1.93. The molecule has 0 heterocycles. The minimum Gasteiger partial charge on any atom is -0.376 e. The summed E-state index contributed by atoms with van der Waals surface area (Å²) in [7, 11) is 0. The molecule has 1 amide bonds. The van der Waals surface area contributed by atoms with Gasteiger partial charge in [-0.2, -0.15) is 0 Å². The number of carbonyl (C=O) groups excluding carboxylic acids is 1. The van der Waals surface area contributed by atoms with Crippen LogP contribution in [0.4, 0.5) is 5.69 Å². The first-order valence-electron chi connectivity index (χ1n) is 6.61. The molecule has 0 aliphatic carbocycles. The van der Waals surface area contributed by atoms with Crippen LogP contribution in [0.2, 0.25) is 0 Å². The second-order valence-electron chi connectivity index (χ2n) is 5.38. The van der Waals surface area contributed by atoms with Crippen LogP contribution in [-0.4, -0.2) is 18.5 Å². The van der Waals surface area contributed by atoms with E-state index in [2.05, 4.69) is 40.4 Å². The third-order valence-corrected chi connectivity index (χ3v) is 4.53.